The van der Waals surface area contributed by atoms with Crippen molar-refractivity contribution in [1.29, 1.82) is 0 Å². The molecule has 1 aromatic heterocycles. The third-order valence-corrected chi connectivity index (χ3v) is 4.05. The van der Waals surface area contributed by atoms with Gasteiger partial charge in [-0.25, -0.2) is 4.79 Å². The lowest BCUT2D eigenvalue weighted by Gasteiger charge is -2.40. The first kappa shape index (κ1) is 16.5. The lowest BCUT2D eigenvalue weighted by molar-refractivity contribution is -0.0777. The number of aromatic amines is 1. The van der Waals surface area contributed by atoms with Crippen LogP contribution in [0.25, 0.3) is 0 Å². The second-order valence-electron chi connectivity index (χ2n) is 6.26. The van der Waals surface area contributed by atoms with Gasteiger partial charge in [0.05, 0.1) is 5.60 Å². The van der Waals surface area contributed by atoms with Crippen LogP contribution in [0.4, 0.5) is 0 Å². The van der Waals surface area contributed by atoms with Gasteiger partial charge in [-0.15, -0.1) is 0 Å². The maximum atomic E-state index is 12.7. The zero-order valence-corrected chi connectivity index (χ0v) is 13.5. The summed E-state index contributed by atoms with van der Waals surface area (Å²) in [4.78, 5) is 39.9. The predicted molar refractivity (Wildman–Crippen MR) is 82.1 cm³/mol. The number of nitrogens with one attached hydrogen (secondary N) is 1. The summed E-state index contributed by atoms with van der Waals surface area (Å²) in [5.74, 6) is -0.345. The fourth-order valence-corrected chi connectivity index (χ4v) is 2.90. The molecule has 0 spiro atoms. The third-order valence-electron chi connectivity index (χ3n) is 4.05. The zero-order valence-electron chi connectivity index (χ0n) is 13.5. The van der Waals surface area contributed by atoms with E-state index >= 15 is 0 Å². The van der Waals surface area contributed by atoms with Gasteiger partial charge in [0, 0.05) is 32.4 Å². The number of amides is 1. The number of rotatable bonds is 3. The van der Waals surface area contributed by atoms with E-state index in [-0.39, 0.29) is 23.1 Å². The standard InChI is InChI=1S/C15H23N3O4/c1-5-18(10-6-7-22-15(2,3)8-10)13(20)11-9-17(4)14(21)16-12(11)19/h9-10H,5-8H2,1-4H3,(H,16,19,21)/t10-/m1/s1. The van der Waals surface area contributed by atoms with Crippen molar-refractivity contribution in [3.05, 3.63) is 32.6 Å². The molecule has 0 aliphatic carbocycles. The number of H-pyrrole nitrogens is 1. The number of carbonyl (C=O) groups is 1. The highest BCUT2D eigenvalue weighted by molar-refractivity contribution is 5.93. The van der Waals surface area contributed by atoms with Crippen LogP contribution >= 0.6 is 0 Å². The second kappa shape index (κ2) is 6.08. The molecule has 0 aromatic carbocycles. The predicted octanol–water partition coefficient (Wildman–Crippen LogP) is 0.493. The van der Waals surface area contributed by atoms with Crippen LogP contribution in [0, 0.1) is 0 Å². The zero-order chi connectivity index (χ0) is 16.5. The molecule has 1 N–H and O–H groups in total. The van der Waals surface area contributed by atoms with Crippen LogP contribution in [0.5, 0.6) is 0 Å². The van der Waals surface area contributed by atoms with Crippen LogP contribution in [-0.4, -0.2) is 45.2 Å². The van der Waals surface area contributed by atoms with Gasteiger partial charge < -0.3 is 14.2 Å². The molecule has 22 heavy (non-hydrogen) atoms. The Morgan fingerprint density at radius 2 is 2.18 bits per heavy atom. The Labute approximate surface area is 128 Å². The highest BCUT2D eigenvalue weighted by Crippen LogP contribution is 2.27. The number of ether oxygens (including phenoxy) is 1. The van der Waals surface area contributed by atoms with Crippen LogP contribution in [0.1, 0.15) is 44.0 Å². The van der Waals surface area contributed by atoms with Crippen molar-refractivity contribution in [3.63, 3.8) is 0 Å². The quantitative estimate of drug-likeness (QED) is 0.881. The molecule has 122 valence electrons. The summed E-state index contributed by atoms with van der Waals surface area (Å²) in [5.41, 5.74) is -1.46. The monoisotopic (exact) mass is 309 g/mol. The Kier molecular flexibility index (Phi) is 4.55. The normalized spacial score (nSPS) is 20.6. The van der Waals surface area contributed by atoms with Crippen LogP contribution in [0.3, 0.4) is 0 Å². The average Bonchev–Trinajstić information content (AvgIpc) is 2.42. The van der Waals surface area contributed by atoms with Gasteiger partial charge in [-0.3, -0.25) is 14.6 Å². The molecular weight excluding hydrogens is 286 g/mol. The van der Waals surface area contributed by atoms with Crippen molar-refractivity contribution in [2.45, 2.75) is 45.3 Å². The van der Waals surface area contributed by atoms with E-state index in [1.165, 1.54) is 17.8 Å². The lowest BCUT2D eigenvalue weighted by Crippen LogP contribution is -2.49. The Morgan fingerprint density at radius 3 is 2.77 bits per heavy atom. The van der Waals surface area contributed by atoms with Crippen molar-refractivity contribution in [1.82, 2.24) is 14.5 Å². The average molecular weight is 309 g/mol. The van der Waals surface area contributed by atoms with Crippen molar-refractivity contribution in [2.75, 3.05) is 13.2 Å². The Bertz CT molecular complexity index is 674. The molecule has 2 rings (SSSR count). The Balaban J connectivity index is 2.32. The first-order chi connectivity index (χ1) is 10.2. The van der Waals surface area contributed by atoms with E-state index in [1.807, 2.05) is 20.8 Å². The van der Waals surface area contributed by atoms with Crippen LogP contribution < -0.4 is 11.2 Å². The van der Waals surface area contributed by atoms with E-state index in [0.29, 0.717) is 13.2 Å². The molecular formula is C15H23N3O4. The van der Waals surface area contributed by atoms with Crippen molar-refractivity contribution < 1.29 is 9.53 Å². The summed E-state index contributed by atoms with van der Waals surface area (Å²) in [5, 5.41) is 0. The van der Waals surface area contributed by atoms with Gasteiger partial charge in [0.2, 0.25) is 0 Å². The van der Waals surface area contributed by atoms with Crippen molar-refractivity contribution in [3.8, 4) is 0 Å². The molecule has 1 aliphatic rings. The second-order valence-corrected chi connectivity index (χ2v) is 6.26. The molecule has 0 bridgehead atoms. The van der Waals surface area contributed by atoms with Crippen LogP contribution in [0.2, 0.25) is 0 Å². The Morgan fingerprint density at radius 1 is 1.50 bits per heavy atom. The minimum atomic E-state index is -0.641. The molecule has 1 amide bonds. The largest absolute Gasteiger partial charge is 0.375 e. The summed E-state index contributed by atoms with van der Waals surface area (Å²) in [6.07, 6.45) is 2.76. The van der Waals surface area contributed by atoms with E-state index in [1.54, 1.807) is 4.90 Å². The van der Waals surface area contributed by atoms with Gasteiger partial charge in [-0.2, -0.15) is 0 Å². The molecule has 7 heteroatoms. The maximum absolute atomic E-state index is 12.7. The summed E-state index contributed by atoms with van der Waals surface area (Å²) in [6.45, 7) is 6.97. The highest BCUT2D eigenvalue weighted by atomic mass is 16.5. The molecule has 0 unspecified atom stereocenters. The van der Waals surface area contributed by atoms with Gasteiger partial charge >= 0.3 is 5.69 Å². The first-order valence-corrected chi connectivity index (χ1v) is 7.50. The minimum Gasteiger partial charge on any atom is -0.375 e. The van der Waals surface area contributed by atoms with Gasteiger partial charge in [0.25, 0.3) is 11.5 Å². The number of aromatic nitrogens is 2. The fourth-order valence-electron chi connectivity index (χ4n) is 2.90. The number of nitrogens with zero attached hydrogens (tertiary/aromatic N) is 2. The number of aryl methyl sites for hydroxylation is 1. The molecule has 1 fully saturated rings. The molecule has 1 aliphatic heterocycles. The summed E-state index contributed by atoms with van der Waals surface area (Å²) in [7, 11) is 1.50. The lowest BCUT2D eigenvalue weighted by atomic mass is 9.92. The molecule has 7 nitrogen and oxygen atoms in total. The fraction of sp³-hybridized carbons (Fsp3) is 0.667. The number of hydrogen-bond donors (Lipinski definition) is 1. The topological polar surface area (TPSA) is 84.4 Å². The molecule has 1 saturated heterocycles. The smallest absolute Gasteiger partial charge is 0.328 e. The Hall–Kier alpha value is -1.89. The SMILES string of the molecule is CCN(C(=O)c1cn(C)c(=O)[nH]c1=O)[C@@H]1CCOC(C)(C)C1. The van der Waals surface area contributed by atoms with Crippen LogP contribution in [-0.2, 0) is 11.8 Å². The molecule has 1 atom stereocenters. The molecule has 1 aromatic rings. The van der Waals surface area contributed by atoms with Gasteiger partial charge in [-0.1, -0.05) is 0 Å². The van der Waals surface area contributed by atoms with E-state index in [0.717, 1.165) is 12.8 Å². The third kappa shape index (κ3) is 3.30. The number of carbonyl (C=O) groups excluding carboxylic acids is 1. The highest BCUT2D eigenvalue weighted by Gasteiger charge is 2.34. The summed E-state index contributed by atoms with van der Waals surface area (Å²) in [6, 6.07) is 0.0258. The molecule has 2 heterocycles. The van der Waals surface area contributed by atoms with Gasteiger partial charge in [-0.05, 0) is 33.6 Å². The van der Waals surface area contributed by atoms with Crippen molar-refractivity contribution in [2.24, 2.45) is 7.05 Å². The van der Waals surface area contributed by atoms with E-state index in [2.05, 4.69) is 4.98 Å². The number of hydrogen-bond acceptors (Lipinski definition) is 4. The summed E-state index contributed by atoms with van der Waals surface area (Å²) >= 11 is 0. The van der Waals surface area contributed by atoms with E-state index < -0.39 is 11.2 Å². The maximum Gasteiger partial charge on any atom is 0.328 e. The van der Waals surface area contributed by atoms with E-state index in [9.17, 15) is 14.4 Å². The van der Waals surface area contributed by atoms with Gasteiger partial charge in [0.1, 0.15) is 5.56 Å². The molecule has 0 radical (unpaired) electrons. The van der Waals surface area contributed by atoms with Gasteiger partial charge in [0.15, 0.2) is 0 Å². The van der Waals surface area contributed by atoms with Crippen LogP contribution in [0.15, 0.2) is 15.8 Å². The minimum absolute atomic E-state index is 0.00625. The molecule has 0 saturated carbocycles. The summed E-state index contributed by atoms with van der Waals surface area (Å²) < 4.78 is 6.89. The van der Waals surface area contributed by atoms with E-state index in [4.69, 9.17) is 4.74 Å². The van der Waals surface area contributed by atoms with Crippen molar-refractivity contribution >= 4 is 5.91 Å². The first-order valence-electron chi connectivity index (χ1n) is 7.50.